The number of nitrogens with zero attached hydrogens (tertiary/aromatic N) is 2. The van der Waals surface area contributed by atoms with Crippen molar-refractivity contribution in [2.75, 3.05) is 19.4 Å². The number of carbonyl (C=O) groups excluding carboxylic acids is 3. The van der Waals surface area contributed by atoms with Gasteiger partial charge in [0.25, 0.3) is 11.1 Å². The minimum Gasteiger partial charge on any atom is -0.497 e. The number of unbranched alkanes of at least 4 members (excludes halogenated alkanes) is 2. The van der Waals surface area contributed by atoms with Crippen LogP contribution in [0.4, 0.5) is 0 Å². The number of thiocarbonyl (C=S) groups is 1. The summed E-state index contributed by atoms with van der Waals surface area (Å²) in [5.74, 6) is 0.0678. The van der Waals surface area contributed by atoms with Crippen LogP contribution in [0.15, 0.2) is 63.1 Å². The molecule has 9 nitrogen and oxygen atoms in total. The third kappa shape index (κ3) is 7.59. The predicted octanol–water partition coefficient (Wildman–Crippen LogP) is 4.54. The Kier molecular flexibility index (Phi) is 9.79. The van der Waals surface area contributed by atoms with Crippen LogP contribution < -0.4 is 15.6 Å². The molecule has 0 saturated carbocycles. The Balaban J connectivity index is 1.10. The van der Waals surface area contributed by atoms with Crippen molar-refractivity contribution in [3.8, 4) is 5.75 Å². The third-order valence-electron chi connectivity index (χ3n) is 5.52. The fourth-order valence-corrected chi connectivity index (χ4v) is 5.50. The second-order valence-electron chi connectivity index (χ2n) is 8.25. The fourth-order valence-electron chi connectivity index (χ4n) is 3.55. The summed E-state index contributed by atoms with van der Waals surface area (Å²) in [5, 5.41) is 0.394. The molecular weight excluding hydrogens is 545 g/mol. The van der Waals surface area contributed by atoms with E-state index in [1.54, 1.807) is 18.1 Å². The number of para-hydroxylation sites is 2. The highest BCUT2D eigenvalue weighted by Gasteiger charge is 2.31. The standard InChI is InChI=1S/C26H26N4O5S3/c1-34-18-12-10-17(11-13-18)15-21-24(33)30(26(36)38-21)14-6-2-3-9-22(31)28-29-23(32)16-37-25-27-19-7-4-5-8-20(19)35-25/h4-5,7-8,10-13,15H,2-3,6,9,14,16H2,1H3,(H,28,31)(H,29,32)/b21-15-. The molecule has 12 heteroatoms. The van der Waals surface area contributed by atoms with E-state index in [4.69, 9.17) is 21.4 Å². The first-order valence-corrected chi connectivity index (χ1v) is 14.1. The van der Waals surface area contributed by atoms with E-state index in [1.807, 2.05) is 48.5 Å². The number of amides is 3. The van der Waals surface area contributed by atoms with Gasteiger partial charge in [-0.25, -0.2) is 4.98 Å². The van der Waals surface area contributed by atoms with Gasteiger partial charge < -0.3 is 9.15 Å². The SMILES string of the molecule is COc1ccc(/C=C2\SC(=S)N(CCCCCC(=O)NNC(=O)CSc3nc4ccccc4o3)C2=O)cc1. The smallest absolute Gasteiger partial charge is 0.266 e. The molecule has 198 valence electrons. The Morgan fingerprint density at radius 3 is 2.63 bits per heavy atom. The molecule has 0 atom stereocenters. The first-order valence-electron chi connectivity index (χ1n) is 11.9. The van der Waals surface area contributed by atoms with Crippen LogP contribution in [0.2, 0.25) is 0 Å². The molecule has 0 aliphatic carbocycles. The normalized spacial score (nSPS) is 14.3. The lowest BCUT2D eigenvalue weighted by Gasteiger charge is -2.14. The number of hydrazine groups is 1. The van der Waals surface area contributed by atoms with Gasteiger partial charge in [0.2, 0.25) is 11.8 Å². The molecule has 1 aromatic heterocycles. The van der Waals surface area contributed by atoms with E-state index in [9.17, 15) is 14.4 Å². The van der Waals surface area contributed by atoms with Gasteiger partial charge >= 0.3 is 0 Å². The van der Waals surface area contributed by atoms with Crippen molar-refractivity contribution in [1.29, 1.82) is 0 Å². The largest absolute Gasteiger partial charge is 0.497 e. The van der Waals surface area contributed by atoms with Crippen LogP contribution in [0, 0.1) is 0 Å². The number of rotatable bonds is 11. The van der Waals surface area contributed by atoms with Crippen LogP contribution in [0.5, 0.6) is 5.75 Å². The molecule has 1 fully saturated rings. The second-order valence-corrected chi connectivity index (χ2v) is 10.9. The number of methoxy groups -OCH3 is 1. The molecule has 3 amide bonds. The molecule has 2 N–H and O–H groups in total. The summed E-state index contributed by atoms with van der Waals surface area (Å²) in [6, 6.07) is 14.8. The number of aromatic nitrogens is 1. The second kappa shape index (κ2) is 13.4. The van der Waals surface area contributed by atoms with Crippen LogP contribution in [0.1, 0.15) is 31.2 Å². The summed E-state index contributed by atoms with van der Waals surface area (Å²) in [4.78, 5) is 43.3. The van der Waals surface area contributed by atoms with Crippen molar-refractivity contribution in [3.63, 3.8) is 0 Å². The summed E-state index contributed by atoms with van der Waals surface area (Å²) < 4.78 is 11.2. The van der Waals surface area contributed by atoms with Gasteiger partial charge in [-0.05, 0) is 48.7 Å². The summed E-state index contributed by atoms with van der Waals surface area (Å²) >= 11 is 7.83. The average molecular weight is 571 g/mol. The number of thioether (sulfide) groups is 2. The molecule has 2 aromatic carbocycles. The van der Waals surface area contributed by atoms with Gasteiger partial charge in [-0.2, -0.15) is 0 Å². The van der Waals surface area contributed by atoms with Gasteiger partial charge in [0.1, 0.15) is 15.6 Å². The van der Waals surface area contributed by atoms with E-state index >= 15 is 0 Å². The van der Waals surface area contributed by atoms with Gasteiger partial charge in [-0.3, -0.25) is 30.1 Å². The van der Waals surface area contributed by atoms with E-state index in [-0.39, 0.29) is 29.9 Å². The predicted molar refractivity (Wildman–Crippen MR) is 152 cm³/mol. The number of hydrogen-bond acceptors (Lipinski definition) is 9. The minimum absolute atomic E-state index is 0.0593. The van der Waals surface area contributed by atoms with Gasteiger partial charge in [0, 0.05) is 13.0 Å². The third-order valence-corrected chi connectivity index (χ3v) is 7.72. The molecular formula is C26H26N4O5S3. The van der Waals surface area contributed by atoms with E-state index < -0.39 is 0 Å². The summed E-state index contributed by atoms with van der Waals surface area (Å²) in [7, 11) is 1.61. The van der Waals surface area contributed by atoms with Crippen molar-refractivity contribution in [3.05, 3.63) is 59.0 Å². The molecule has 38 heavy (non-hydrogen) atoms. The molecule has 0 spiro atoms. The van der Waals surface area contributed by atoms with Crippen molar-refractivity contribution in [2.45, 2.75) is 30.9 Å². The number of fused-ring (bicyclic) bond motifs is 1. The number of ether oxygens (including phenoxy) is 1. The van der Waals surface area contributed by atoms with Crippen molar-refractivity contribution >= 4 is 75.0 Å². The lowest BCUT2D eigenvalue weighted by Crippen LogP contribution is -2.42. The highest BCUT2D eigenvalue weighted by atomic mass is 32.2. The number of nitrogens with one attached hydrogen (secondary N) is 2. The van der Waals surface area contributed by atoms with Crippen molar-refractivity contribution in [2.24, 2.45) is 0 Å². The Morgan fingerprint density at radius 1 is 1.11 bits per heavy atom. The van der Waals surface area contributed by atoms with Crippen LogP contribution in [-0.4, -0.2) is 51.3 Å². The van der Waals surface area contributed by atoms with Crippen LogP contribution in [0.25, 0.3) is 17.2 Å². The zero-order valence-electron chi connectivity index (χ0n) is 20.6. The maximum absolute atomic E-state index is 12.8. The van der Waals surface area contributed by atoms with Crippen molar-refractivity contribution in [1.82, 2.24) is 20.7 Å². The number of oxazole rings is 1. The number of carbonyl (C=O) groups is 3. The molecule has 0 bridgehead atoms. The van der Waals surface area contributed by atoms with Gasteiger partial charge in [0.15, 0.2) is 5.58 Å². The lowest BCUT2D eigenvalue weighted by atomic mass is 10.1. The Hall–Kier alpha value is -3.35. The van der Waals surface area contributed by atoms with Crippen LogP contribution in [-0.2, 0) is 14.4 Å². The summed E-state index contributed by atoms with van der Waals surface area (Å²) in [5.41, 5.74) is 7.10. The van der Waals surface area contributed by atoms with Gasteiger partial charge in [0.05, 0.1) is 17.8 Å². The Morgan fingerprint density at radius 2 is 1.87 bits per heavy atom. The van der Waals surface area contributed by atoms with Crippen molar-refractivity contribution < 1.29 is 23.5 Å². The highest BCUT2D eigenvalue weighted by Crippen LogP contribution is 2.33. The first-order chi connectivity index (χ1) is 18.4. The van der Waals surface area contributed by atoms with Gasteiger partial charge in [-0.1, -0.05) is 66.4 Å². The lowest BCUT2D eigenvalue weighted by molar-refractivity contribution is -0.127. The first kappa shape index (κ1) is 27.7. The molecule has 0 radical (unpaired) electrons. The van der Waals surface area contributed by atoms with Crippen LogP contribution in [0.3, 0.4) is 0 Å². The highest BCUT2D eigenvalue weighted by molar-refractivity contribution is 8.26. The topological polar surface area (TPSA) is 114 Å². The van der Waals surface area contributed by atoms with Crippen LogP contribution >= 0.6 is 35.7 Å². The van der Waals surface area contributed by atoms with E-state index in [0.29, 0.717) is 39.4 Å². The van der Waals surface area contributed by atoms with E-state index in [2.05, 4.69) is 15.8 Å². The zero-order valence-corrected chi connectivity index (χ0v) is 23.0. The summed E-state index contributed by atoms with van der Waals surface area (Å²) in [6.07, 6.45) is 4.15. The molecule has 1 saturated heterocycles. The summed E-state index contributed by atoms with van der Waals surface area (Å²) in [6.45, 7) is 0.496. The Bertz CT molecular complexity index is 1320. The monoisotopic (exact) mass is 570 g/mol. The average Bonchev–Trinajstić information content (AvgIpc) is 3.46. The minimum atomic E-state index is -0.359. The quantitative estimate of drug-likeness (QED) is 0.113. The molecule has 2 heterocycles. The maximum Gasteiger partial charge on any atom is 0.266 e. The zero-order chi connectivity index (χ0) is 26.9. The molecule has 1 aliphatic rings. The van der Waals surface area contributed by atoms with E-state index in [1.165, 1.54) is 11.8 Å². The van der Waals surface area contributed by atoms with Gasteiger partial charge in [-0.15, -0.1) is 0 Å². The van der Waals surface area contributed by atoms with E-state index in [0.717, 1.165) is 35.0 Å². The molecule has 4 rings (SSSR count). The Labute approximate surface area is 233 Å². The maximum atomic E-state index is 12.8. The molecule has 1 aliphatic heterocycles. The number of hydrogen-bond donors (Lipinski definition) is 2. The molecule has 3 aromatic rings. The fraction of sp³-hybridized carbons (Fsp3) is 0.269. The molecule has 0 unspecified atom stereocenters. The number of benzene rings is 2.